The fourth-order valence-corrected chi connectivity index (χ4v) is 2.57. The highest BCUT2D eigenvalue weighted by Gasteiger charge is 2.39. The molecule has 0 aromatic rings. The van der Waals surface area contributed by atoms with E-state index in [1.54, 1.807) is 6.92 Å². The lowest BCUT2D eigenvalue weighted by molar-refractivity contribution is -0.155. The molecule has 0 aromatic carbocycles. The number of likely N-dealkylation sites (tertiary alicyclic amines) is 1. The van der Waals surface area contributed by atoms with Crippen molar-refractivity contribution in [2.75, 3.05) is 26.7 Å². The van der Waals surface area contributed by atoms with Crippen LogP contribution in [0.5, 0.6) is 0 Å². The van der Waals surface area contributed by atoms with E-state index in [1.165, 1.54) is 7.11 Å². The molecule has 1 saturated heterocycles. The second kappa shape index (κ2) is 6.36. The van der Waals surface area contributed by atoms with Gasteiger partial charge >= 0.3 is 5.97 Å². The highest BCUT2D eigenvalue weighted by atomic mass is 16.5. The molecule has 1 N–H and O–H groups in total. The fraction of sp³-hybridized carbons (Fsp3) is 0.923. The molecule has 0 aromatic heterocycles. The van der Waals surface area contributed by atoms with Gasteiger partial charge in [-0.2, -0.15) is 0 Å². The van der Waals surface area contributed by atoms with E-state index in [-0.39, 0.29) is 5.97 Å². The van der Waals surface area contributed by atoms with Crippen LogP contribution in [0.2, 0.25) is 0 Å². The Kier molecular flexibility index (Phi) is 5.40. The number of rotatable bonds is 4. The maximum absolute atomic E-state index is 11.5. The monoisotopic (exact) mass is 243 g/mol. The minimum absolute atomic E-state index is 0.309. The molecule has 1 aliphatic heterocycles. The van der Waals surface area contributed by atoms with Crippen LogP contribution in [0.4, 0.5) is 0 Å². The topological polar surface area (TPSA) is 49.8 Å². The first-order chi connectivity index (χ1) is 8.03. The van der Waals surface area contributed by atoms with E-state index in [9.17, 15) is 9.90 Å². The number of esters is 1. The Bertz CT molecular complexity index is 257. The highest BCUT2D eigenvalue weighted by molar-refractivity contribution is 5.73. The number of aliphatic hydroxyl groups is 1. The number of carbonyl (C=O) groups is 1. The van der Waals surface area contributed by atoms with Gasteiger partial charge in [-0.05, 0) is 45.7 Å². The van der Waals surface area contributed by atoms with Crippen LogP contribution in [0.15, 0.2) is 0 Å². The lowest BCUT2D eigenvalue weighted by atomic mass is 9.82. The lowest BCUT2D eigenvalue weighted by Crippen LogP contribution is -2.42. The molecule has 4 nitrogen and oxygen atoms in total. The standard InChI is InChI=1S/C13H25NO3/c1-4-8-14-9-5-6-13(16,7-10-14)11(2)12(15)17-3/h11,16H,4-10H2,1-3H3. The molecule has 1 rings (SSSR count). The molecular formula is C13H25NO3. The van der Waals surface area contributed by atoms with E-state index in [4.69, 9.17) is 4.74 Å². The Labute approximate surface area is 104 Å². The number of hydrogen-bond acceptors (Lipinski definition) is 4. The summed E-state index contributed by atoms with van der Waals surface area (Å²) < 4.78 is 4.73. The molecule has 0 amide bonds. The van der Waals surface area contributed by atoms with Crippen LogP contribution < -0.4 is 0 Å². The molecule has 1 heterocycles. The minimum Gasteiger partial charge on any atom is -0.469 e. The summed E-state index contributed by atoms with van der Waals surface area (Å²) in [6, 6.07) is 0. The summed E-state index contributed by atoms with van der Waals surface area (Å²) in [5, 5.41) is 10.6. The zero-order chi connectivity index (χ0) is 12.9. The van der Waals surface area contributed by atoms with Crippen molar-refractivity contribution in [3.63, 3.8) is 0 Å². The second-order valence-corrected chi connectivity index (χ2v) is 5.04. The molecule has 0 bridgehead atoms. The zero-order valence-corrected chi connectivity index (χ0v) is 11.2. The molecule has 0 saturated carbocycles. The number of carbonyl (C=O) groups excluding carboxylic acids is 1. The predicted octanol–water partition coefficient (Wildman–Crippen LogP) is 1.42. The summed E-state index contributed by atoms with van der Waals surface area (Å²) in [6.45, 7) is 6.88. The number of ether oxygens (including phenoxy) is 1. The van der Waals surface area contributed by atoms with Crippen LogP contribution in [0, 0.1) is 5.92 Å². The molecule has 4 heteroatoms. The third kappa shape index (κ3) is 3.68. The van der Waals surface area contributed by atoms with Crippen molar-refractivity contribution in [2.24, 2.45) is 5.92 Å². The van der Waals surface area contributed by atoms with E-state index >= 15 is 0 Å². The van der Waals surface area contributed by atoms with Crippen LogP contribution in [0.25, 0.3) is 0 Å². The fourth-order valence-electron chi connectivity index (χ4n) is 2.57. The smallest absolute Gasteiger partial charge is 0.311 e. The maximum atomic E-state index is 11.5. The van der Waals surface area contributed by atoms with Gasteiger partial charge in [0.2, 0.25) is 0 Å². The summed E-state index contributed by atoms with van der Waals surface area (Å²) in [4.78, 5) is 13.9. The van der Waals surface area contributed by atoms with E-state index in [0.29, 0.717) is 12.8 Å². The third-order valence-corrected chi connectivity index (χ3v) is 3.85. The van der Waals surface area contributed by atoms with E-state index < -0.39 is 11.5 Å². The maximum Gasteiger partial charge on any atom is 0.311 e. The number of nitrogens with zero attached hydrogens (tertiary/aromatic N) is 1. The molecule has 0 radical (unpaired) electrons. The molecular weight excluding hydrogens is 218 g/mol. The lowest BCUT2D eigenvalue weighted by Gasteiger charge is -2.31. The molecule has 1 fully saturated rings. The van der Waals surface area contributed by atoms with E-state index in [2.05, 4.69) is 11.8 Å². The largest absolute Gasteiger partial charge is 0.469 e. The molecule has 1 aliphatic rings. The summed E-state index contributed by atoms with van der Waals surface area (Å²) in [5.74, 6) is -0.745. The van der Waals surface area contributed by atoms with Gasteiger partial charge in [-0.1, -0.05) is 6.92 Å². The summed E-state index contributed by atoms with van der Waals surface area (Å²) in [5.41, 5.74) is -0.893. The van der Waals surface area contributed by atoms with Gasteiger partial charge in [0.1, 0.15) is 0 Å². The van der Waals surface area contributed by atoms with Crippen molar-refractivity contribution in [3.8, 4) is 0 Å². The zero-order valence-electron chi connectivity index (χ0n) is 11.2. The SMILES string of the molecule is CCCN1CCCC(O)(C(C)C(=O)OC)CC1. The van der Waals surface area contributed by atoms with Crippen molar-refractivity contribution in [1.29, 1.82) is 0 Å². The summed E-state index contributed by atoms with van der Waals surface area (Å²) in [6.07, 6.45) is 3.41. The Balaban J connectivity index is 2.61. The van der Waals surface area contributed by atoms with Gasteiger partial charge in [-0.15, -0.1) is 0 Å². The molecule has 2 atom stereocenters. The molecule has 0 spiro atoms. The molecule has 2 unspecified atom stereocenters. The van der Waals surface area contributed by atoms with Crippen LogP contribution >= 0.6 is 0 Å². The van der Waals surface area contributed by atoms with Crippen molar-refractivity contribution in [3.05, 3.63) is 0 Å². The van der Waals surface area contributed by atoms with Crippen molar-refractivity contribution < 1.29 is 14.6 Å². The van der Waals surface area contributed by atoms with Gasteiger partial charge < -0.3 is 14.7 Å². The van der Waals surface area contributed by atoms with Crippen molar-refractivity contribution >= 4 is 5.97 Å². The Morgan fingerprint density at radius 2 is 2.18 bits per heavy atom. The average molecular weight is 243 g/mol. The first kappa shape index (κ1) is 14.5. The first-order valence-corrected chi connectivity index (χ1v) is 6.56. The van der Waals surface area contributed by atoms with E-state index in [1.807, 2.05) is 0 Å². The van der Waals surface area contributed by atoms with Crippen LogP contribution in [0.1, 0.15) is 39.5 Å². The third-order valence-electron chi connectivity index (χ3n) is 3.85. The average Bonchev–Trinajstić information content (AvgIpc) is 2.51. The Morgan fingerprint density at radius 1 is 1.47 bits per heavy atom. The Hall–Kier alpha value is -0.610. The normalized spacial score (nSPS) is 28.5. The van der Waals surface area contributed by atoms with Gasteiger partial charge in [0.05, 0.1) is 18.6 Å². The quantitative estimate of drug-likeness (QED) is 0.759. The predicted molar refractivity (Wildman–Crippen MR) is 66.7 cm³/mol. The van der Waals surface area contributed by atoms with Crippen molar-refractivity contribution in [2.45, 2.75) is 45.1 Å². The van der Waals surface area contributed by atoms with Gasteiger partial charge in [0.25, 0.3) is 0 Å². The number of methoxy groups -OCH3 is 1. The molecule has 0 aliphatic carbocycles. The second-order valence-electron chi connectivity index (χ2n) is 5.04. The van der Waals surface area contributed by atoms with Crippen LogP contribution in [0.3, 0.4) is 0 Å². The molecule has 100 valence electrons. The number of hydrogen-bond donors (Lipinski definition) is 1. The van der Waals surface area contributed by atoms with E-state index in [0.717, 1.165) is 32.5 Å². The van der Waals surface area contributed by atoms with Crippen LogP contribution in [-0.2, 0) is 9.53 Å². The van der Waals surface area contributed by atoms with Gasteiger partial charge in [0, 0.05) is 6.54 Å². The summed E-state index contributed by atoms with van der Waals surface area (Å²) in [7, 11) is 1.38. The minimum atomic E-state index is -0.893. The van der Waals surface area contributed by atoms with Crippen LogP contribution in [-0.4, -0.2) is 48.3 Å². The molecule has 17 heavy (non-hydrogen) atoms. The van der Waals surface area contributed by atoms with Crippen molar-refractivity contribution in [1.82, 2.24) is 4.90 Å². The summed E-state index contributed by atoms with van der Waals surface area (Å²) >= 11 is 0. The highest BCUT2D eigenvalue weighted by Crippen LogP contribution is 2.30. The van der Waals surface area contributed by atoms with Gasteiger partial charge in [-0.3, -0.25) is 4.79 Å². The Morgan fingerprint density at radius 3 is 2.76 bits per heavy atom. The first-order valence-electron chi connectivity index (χ1n) is 6.56. The van der Waals surface area contributed by atoms with Gasteiger partial charge in [-0.25, -0.2) is 0 Å². The van der Waals surface area contributed by atoms with Gasteiger partial charge in [0.15, 0.2) is 0 Å².